The maximum atomic E-state index is 5.08. The highest BCUT2D eigenvalue weighted by Gasteiger charge is 2.13. The lowest BCUT2D eigenvalue weighted by molar-refractivity contribution is 0.520. The van der Waals surface area contributed by atoms with E-state index in [-0.39, 0.29) is 0 Å². The van der Waals surface area contributed by atoms with Crippen molar-refractivity contribution >= 4 is 23.6 Å². The van der Waals surface area contributed by atoms with Gasteiger partial charge in [-0.3, -0.25) is 5.10 Å². The number of aromatic amines is 1. The Kier molecular flexibility index (Phi) is 6.10. The Morgan fingerprint density at radius 1 is 1.27 bits per heavy atom. The Balaban J connectivity index is 2.58. The maximum absolute atomic E-state index is 5.08. The van der Waals surface area contributed by atoms with Gasteiger partial charge in [-0.2, -0.15) is 5.10 Å². The third kappa shape index (κ3) is 4.43. The second-order valence-electron chi connectivity index (χ2n) is 3.93. The van der Waals surface area contributed by atoms with Gasteiger partial charge in [-0.1, -0.05) is 50.9 Å². The number of aromatic nitrogens is 2. The van der Waals surface area contributed by atoms with Crippen molar-refractivity contribution in [2.75, 3.05) is 0 Å². The highest BCUT2D eigenvalue weighted by atomic mass is 32.1. The van der Waals surface area contributed by atoms with Crippen LogP contribution < -0.4 is 0 Å². The van der Waals surface area contributed by atoms with E-state index in [1.54, 1.807) is 11.3 Å². The van der Waals surface area contributed by atoms with Crippen molar-refractivity contribution < 1.29 is 0 Å². The molecule has 0 saturated heterocycles. The lowest BCUT2D eigenvalue weighted by Gasteiger charge is -2.12. The molecule has 2 nitrogen and oxygen atoms in total. The third-order valence-electron chi connectivity index (χ3n) is 2.62. The molecule has 15 heavy (non-hydrogen) atoms. The van der Waals surface area contributed by atoms with Crippen molar-refractivity contribution in [3.05, 3.63) is 8.96 Å². The summed E-state index contributed by atoms with van der Waals surface area (Å²) in [4.78, 5) is 0. The van der Waals surface area contributed by atoms with Crippen molar-refractivity contribution in [1.29, 1.82) is 0 Å². The smallest absolute Gasteiger partial charge is 0.176 e. The molecule has 86 valence electrons. The number of nitrogens with zero attached hydrogens (tertiary/aromatic N) is 1. The van der Waals surface area contributed by atoms with E-state index in [1.807, 2.05) is 0 Å². The van der Waals surface area contributed by atoms with Gasteiger partial charge in [-0.15, -0.1) is 0 Å². The minimum absolute atomic E-state index is 0.628. The first kappa shape index (κ1) is 12.8. The van der Waals surface area contributed by atoms with Gasteiger partial charge in [0, 0.05) is 5.92 Å². The summed E-state index contributed by atoms with van der Waals surface area (Å²) in [5.41, 5.74) is 0. The zero-order chi connectivity index (χ0) is 11.1. The SMILES string of the molecule is CCCCC(CCCC)c1n[nH]c(=S)s1. The number of unbranched alkanes of at least 4 members (excludes halogenated alkanes) is 2. The summed E-state index contributed by atoms with van der Waals surface area (Å²) in [6, 6.07) is 0. The van der Waals surface area contributed by atoms with Gasteiger partial charge >= 0.3 is 0 Å². The molecule has 0 spiro atoms. The summed E-state index contributed by atoms with van der Waals surface area (Å²) in [6.45, 7) is 4.48. The molecule has 0 radical (unpaired) electrons. The van der Waals surface area contributed by atoms with Crippen LogP contribution in [0.4, 0.5) is 0 Å². The van der Waals surface area contributed by atoms with Crippen LogP contribution >= 0.6 is 23.6 Å². The molecule has 1 rings (SSSR count). The summed E-state index contributed by atoms with van der Waals surface area (Å²) >= 11 is 6.72. The first-order chi connectivity index (χ1) is 7.27. The minimum atomic E-state index is 0.628. The van der Waals surface area contributed by atoms with E-state index in [0.717, 1.165) is 3.95 Å². The largest absolute Gasteiger partial charge is 0.258 e. The van der Waals surface area contributed by atoms with Crippen LogP contribution in [0.25, 0.3) is 0 Å². The number of hydrogen-bond donors (Lipinski definition) is 1. The summed E-state index contributed by atoms with van der Waals surface area (Å²) in [5.74, 6) is 0.628. The number of nitrogens with one attached hydrogen (secondary N) is 1. The quantitative estimate of drug-likeness (QED) is 0.706. The molecule has 4 heteroatoms. The molecule has 0 fully saturated rings. The van der Waals surface area contributed by atoms with Crippen molar-refractivity contribution in [1.82, 2.24) is 10.2 Å². The van der Waals surface area contributed by atoms with Crippen molar-refractivity contribution in [3.8, 4) is 0 Å². The third-order valence-corrected chi connectivity index (χ3v) is 3.87. The zero-order valence-electron chi connectivity index (χ0n) is 9.58. The van der Waals surface area contributed by atoms with Crippen molar-refractivity contribution in [2.45, 2.75) is 58.3 Å². The normalized spacial score (nSPS) is 11.1. The Bertz CT molecular complexity index is 308. The van der Waals surface area contributed by atoms with E-state index in [2.05, 4.69) is 24.0 Å². The van der Waals surface area contributed by atoms with Gasteiger partial charge in [-0.05, 0) is 25.1 Å². The Hall–Kier alpha value is -0.220. The Labute approximate surface area is 101 Å². The maximum Gasteiger partial charge on any atom is 0.176 e. The summed E-state index contributed by atoms with van der Waals surface area (Å²) in [6.07, 6.45) is 7.62. The van der Waals surface area contributed by atoms with E-state index in [4.69, 9.17) is 12.2 Å². The molecule has 0 saturated carbocycles. The minimum Gasteiger partial charge on any atom is -0.258 e. The van der Waals surface area contributed by atoms with Gasteiger partial charge in [0.15, 0.2) is 3.95 Å². The van der Waals surface area contributed by atoms with Crippen molar-refractivity contribution in [2.24, 2.45) is 0 Å². The molecule has 0 aliphatic carbocycles. The standard InChI is InChI=1S/C11H20N2S2/c1-3-5-7-9(8-6-4-2)10-12-13-11(14)15-10/h9H,3-8H2,1-2H3,(H,13,14). The van der Waals surface area contributed by atoms with Crippen LogP contribution in [-0.4, -0.2) is 10.2 Å². The average molecular weight is 244 g/mol. The highest BCUT2D eigenvalue weighted by molar-refractivity contribution is 7.73. The van der Waals surface area contributed by atoms with E-state index in [0.29, 0.717) is 5.92 Å². The fraction of sp³-hybridized carbons (Fsp3) is 0.818. The van der Waals surface area contributed by atoms with Gasteiger partial charge in [0.25, 0.3) is 0 Å². The summed E-state index contributed by atoms with van der Waals surface area (Å²) in [7, 11) is 0. The van der Waals surface area contributed by atoms with Crippen LogP contribution in [0.5, 0.6) is 0 Å². The van der Waals surface area contributed by atoms with Gasteiger partial charge in [0.05, 0.1) is 0 Å². The van der Waals surface area contributed by atoms with Crippen LogP contribution in [0.3, 0.4) is 0 Å². The molecule has 1 heterocycles. The van der Waals surface area contributed by atoms with Crippen LogP contribution in [0.1, 0.15) is 63.3 Å². The first-order valence-electron chi connectivity index (χ1n) is 5.83. The predicted octanol–water partition coefficient (Wildman–Crippen LogP) is 4.66. The summed E-state index contributed by atoms with van der Waals surface area (Å²) < 4.78 is 0.808. The lowest BCUT2D eigenvalue weighted by Crippen LogP contribution is -1.98. The van der Waals surface area contributed by atoms with Gasteiger partial charge in [0.1, 0.15) is 5.01 Å². The molecule has 0 aliphatic rings. The molecule has 1 N–H and O–H groups in total. The van der Waals surface area contributed by atoms with E-state index < -0.39 is 0 Å². The van der Waals surface area contributed by atoms with Gasteiger partial charge < -0.3 is 0 Å². The van der Waals surface area contributed by atoms with Crippen LogP contribution in [-0.2, 0) is 0 Å². The fourth-order valence-electron chi connectivity index (χ4n) is 1.71. The van der Waals surface area contributed by atoms with Crippen molar-refractivity contribution in [3.63, 3.8) is 0 Å². The predicted molar refractivity (Wildman–Crippen MR) is 69.1 cm³/mol. The second-order valence-corrected chi connectivity index (χ2v) is 5.63. The van der Waals surface area contributed by atoms with Gasteiger partial charge in [0.2, 0.25) is 0 Å². The van der Waals surface area contributed by atoms with E-state index in [9.17, 15) is 0 Å². The molecule has 0 amide bonds. The van der Waals surface area contributed by atoms with Crippen LogP contribution in [0.2, 0.25) is 0 Å². The number of rotatable bonds is 7. The Morgan fingerprint density at radius 2 is 1.87 bits per heavy atom. The van der Waals surface area contributed by atoms with E-state index in [1.165, 1.54) is 43.5 Å². The highest BCUT2D eigenvalue weighted by Crippen LogP contribution is 2.28. The van der Waals surface area contributed by atoms with E-state index >= 15 is 0 Å². The molecule has 1 aromatic heterocycles. The zero-order valence-corrected chi connectivity index (χ0v) is 11.2. The van der Waals surface area contributed by atoms with Crippen LogP contribution in [0.15, 0.2) is 0 Å². The Morgan fingerprint density at radius 3 is 2.27 bits per heavy atom. The molecule has 0 aromatic carbocycles. The fourth-order valence-corrected chi connectivity index (χ4v) is 2.78. The van der Waals surface area contributed by atoms with Crippen LogP contribution in [0, 0.1) is 3.95 Å². The number of H-pyrrole nitrogens is 1. The monoisotopic (exact) mass is 244 g/mol. The molecule has 0 unspecified atom stereocenters. The molecule has 1 aromatic rings. The second kappa shape index (κ2) is 7.12. The lowest BCUT2D eigenvalue weighted by atomic mass is 9.97. The van der Waals surface area contributed by atoms with Gasteiger partial charge in [-0.25, -0.2) is 0 Å². The molecule has 0 bridgehead atoms. The number of hydrogen-bond acceptors (Lipinski definition) is 3. The first-order valence-corrected chi connectivity index (χ1v) is 7.05. The molecule has 0 atom stereocenters. The molecular formula is C11H20N2S2. The average Bonchev–Trinajstić information content (AvgIpc) is 2.65. The summed E-state index contributed by atoms with van der Waals surface area (Å²) in [5, 5.41) is 8.41. The topological polar surface area (TPSA) is 28.7 Å². The molecule has 0 aliphatic heterocycles. The molecular weight excluding hydrogens is 224 g/mol.